The fourth-order valence-electron chi connectivity index (χ4n) is 3.08. The smallest absolute Gasteiger partial charge is 0.261 e. The topological polar surface area (TPSA) is 70.6 Å². The van der Waals surface area contributed by atoms with Crippen LogP contribution in [0, 0.1) is 0 Å². The van der Waals surface area contributed by atoms with Crippen molar-refractivity contribution in [3.63, 3.8) is 0 Å². The molecular weight excluding hydrogens is 486 g/mol. The van der Waals surface area contributed by atoms with Crippen LogP contribution in [0.5, 0.6) is 0 Å². The lowest BCUT2D eigenvalue weighted by Gasteiger charge is -2.25. The maximum atomic E-state index is 13.4. The van der Waals surface area contributed by atoms with Crippen LogP contribution in [0.15, 0.2) is 51.8 Å². The van der Waals surface area contributed by atoms with E-state index in [1.54, 1.807) is 29.2 Å². The molecule has 0 aliphatic heterocycles. The van der Waals surface area contributed by atoms with Crippen molar-refractivity contribution in [3.05, 3.63) is 52.5 Å². The van der Waals surface area contributed by atoms with E-state index in [1.165, 1.54) is 17.6 Å². The molecule has 0 aliphatic carbocycles. The number of rotatable bonds is 8. The Hall–Kier alpha value is -1.81. The molecule has 30 heavy (non-hydrogen) atoms. The Bertz CT molecular complexity index is 1160. The Morgan fingerprint density at radius 1 is 1.10 bits per heavy atom. The Kier molecular flexibility index (Phi) is 7.28. The van der Waals surface area contributed by atoms with Crippen LogP contribution in [0.2, 0.25) is 0 Å². The lowest BCUT2D eigenvalue weighted by atomic mass is 10.2. The first-order valence-electron chi connectivity index (χ1n) is 9.64. The van der Waals surface area contributed by atoms with Gasteiger partial charge in [0.15, 0.2) is 15.0 Å². The van der Waals surface area contributed by atoms with Gasteiger partial charge in [-0.2, -0.15) is 0 Å². The molecule has 0 saturated heterocycles. The van der Waals surface area contributed by atoms with Crippen LogP contribution in [0.3, 0.4) is 0 Å². The second kappa shape index (κ2) is 9.55. The first kappa shape index (κ1) is 22.9. The second-order valence-electron chi connectivity index (χ2n) is 6.86. The van der Waals surface area contributed by atoms with Crippen LogP contribution in [0.1, 0.15) is 24.2 Å². The predicted molar refractivity (Wildman–Crippen MR) is 126 cm³/mol. The number of anilines is 1. The van der Waals surface area contributed by atoms with Crippen molar-refractivity contribution in [2.75, 3.05) is 37.3 Å². The molecule has 0 N–H and O–H groups in total. The maximum Gasteiger partial charge on any atom is 0.261 e. The van der Waals surface area contributed by atoms with E-state index in [0.29, 0.717) is 29.3 Å². The molecule has 9 heteroatoms. The van der Waals surface area contributed by atoms with Crippen LogP contribution >= 0.6 is 27.3 Å². The van der Waals surface area contributed by atoms with Crippen molar-refractivity contribution in [1.82, 2.24) is 9.88 Å². The first-order chi connectivity index (χ1) is 14.2. The number of aromatic nitrogens is 1. The molecule has 1 aromatic heterocycles. The van der Waals surface area contributed by atoms with E-state index in [1.807, 2.05) is 18.2 Å². The Balaban J connectivity index is 2.02. The second-order valence-corrected chi connectivity index (χ2v) is 10.7. The summed E-state index contributed by atoms with van der Waals surface area (Å²) in [6.07, 6.45) is 1.18. The maximum absolute atomic E-state index is 13.4. The average Bonchev–Trinajstić information content (AvgIpc) is 3.13. The summed E-state index contributed by atoms with van der Waals surface area (Å²) in [5, 5.41) is 0.559. The van der Waals surface area contributed by atoms with E-state index in [-0.39, 0.29) is 10.8 Å². The molecule has 6 nitrogen and oxygen atoms in total. The van der Waals surface area contributed by atoms with Crippen LogP contribution in [-0.4, -0.2) is 56.6 Å². The van der Waals surface area contributed by atoms with E-state index in [2.05, 4.69) is 39.7 Å². The van der Waals surface area contributed by atoms with E-state index in [9.17, 15) is 13.2 Å². The molecule has 0 saturated carbocycles. The highest BCUT2D eigenvalue weighted by Crippen LogP contribution is 2.32. The Morgan fingerprint density at radius 2 is 1.80 bits per heavy atom. The van der Waals surface area contributed by atoms with Gasteiger partial charge in [0.1, 0.15) is 0 Å². The molecule has 0 fully saturated rings. The Labute approximate surface area is 189 Å². The van der Waals surface area contributed by atoms with Gasteiger partial charge in [-0.1, -0.05) is 37.3 Å². The summed E-state index contributed by atoms with van der Waals surface area (Å²) in [6, 6.07) is 12.2. The number of sulfone groups is 1. The number of carbonyl (C=O) groups excluding carboxylic acids is 1. The zero-order valence-corrected chi connectivity index (χ0v) is 20.3. The molecule has 3 rings (SSSR count). The highest BCUT2D eigenvalue weighted by atomic mass is 79.9. The van der Waals surface area contributed by atoms with Crippen molar-refractivity contribution >= 4 is 58.4 Å². The lowest BCUT2D eigenvalue weighted by Crippen LogP contribution is -2.39. The SMILES string of the molecule is CCN(CC)CCN(C(=O)c1ccccc1Br)c1nc2ccc(S(C)(=O)=O)cc2s1. The summed E-state index contributed by atoms with van der Waals surface area (Å²) in [5.41, 5.74) is 1.24. The van der Waals surface area contributed by atoms with Crippen LogP contribution in [-0.2, 0) is 9.84 Å². The number of hydrogen-bond acceptors (Lipinski definition) is 6. The van der Waals surface area contributed by atoms with Gasteiger partial charge >= 0.3 is 0 Å². The van der Waals surface area contributed by atoms with Gasteiger partial charge in [0.05, 0.1) is 20.7 Å². The van der Waals surface area contributed by atoms with Crippen molar-refractivity contribution < 1.29 is 13.2 Å². The lowest BCUT2D eigenvalue weighted by molar-refractivity contribution is 0.0983. The van der Waals surface area contributed by atoms with Gasteiger partial charge < -0.3 is 4.90 Å². The number of carbonyl (C=O) groups is 1. The number of nitrogens with zero attached hydrogens (tertiary/aromatic N) is 3. The summed E-state index contributed by atoms with van der Waals surface area (Å²) in [5.74, 6) is -0.142. The molecule has 160 valence electrons. The van der Waals surface area contributed by atoms with Gasteiger partial charge in [0.2, 0.25) is 0 Å². The van der Waals surface area contributed by atoms with Crippen molar-refractivity contribution in [2.45, 2.75) is 18.7 Å². The summed E-state index contributed by atoms with van der Waals surface area (Å²) in [4.78, 5) is 22.2. The Morgan fingerprint density at radius 3 is 2.43 bits per heavy atom. The average molecular weight is 510 g/mol. The zero-order chi connectivity index (χ0) is 21.9. The minimum Gasteiger partial charge on any atom is -0.302 e. The van der Waals surface area contributed by atoms with Crippen molar-refractivity contribution in [2.24, 2.45) is 0 Å². The quantitative estimate of drug-likeness (QED) is 0.448. The molecule has 0 spiro atoms. The molecule has 2 aromatic carbocycles. The van der Waals surface area contributed by atoms with Crippen molar-refractivity contribution in [1.29, 1.82) is 0 Å². The standard InChI is InChI=1S/C21H24BrN3O3S2/c1-4-24(5-2)12-13-25(20(26)16-8-6-7-9-17(16)22)21-23-18-11-10-15(30(3,27)28)14-19(18)29-21/h6-11,14H,4-5,12-13H2,1-3H3. The molecular formula is C21H24BrN3O3S2. The largest absolute Gasteiger partial charge is 0.302 e. The number of fused-ring (bicyclic) bond motifs is 1. The molecule has 1 amide bonds. The van der Waals surface area contributed by atoms with E-state index in [4.69, 9.17) is 0 Å². The number of hydrogen-bond donors (Lipinski definition) is 0. The van der Waals surface area contributed by atoms with E-state index >= 15 is 0 Å². The number of benzene rings is 2. The number of likely N-dealkylation sites (N-methyl/N-ethyl adjacent to an activating group) is 1. The van der Waals surface area contributed by atoms with Gasteiger partial charge in [-0.05, 0) is 59.4 Å². The predicted octanol–water partition coefficient (Wildman–Crippen LogP) is 4.45. The van der Waals surface area contributed by atoms with Crippen LogP contribution in [0.25, 0.3) is 10.2 Å². The number of amides is 1. The van der Waals surface area contributed by atoms with Gasteiger partial charge in [-0.25, -0.2) is 13.4 Å². The van der Waals surface area contributed by atoms with Gasteiger partial charge in [0, 0.05) is 23.8 Å². The fraction of sp³-hybridized carbons (Fsp3) is 0.333. The van der Waals surface area contributed by atoms with Gasteiger partial charge in [0.25, 0.3) is 5.91 Å². The van der Waals surface area contributed by atoms with E-state index in [0.717, 1.165) is 22.3 Å². The molecule has 1 heterocycles. The third-order valence-electron chi connectivity index (χ3n) is 4.89. The summed E-state index contributed by atoms with van der Waals surface area (Å²) in [6.45, 7) is 7.17. The van der Waals surface area contributed by atoms with Crippen molar-refractivity contribution in [3.8, 4) is 0 Å². The third-order valence-corrected chi connectivity index (χ3v) is 7.73. The highest BCUT2D eigenvalue weighted by Gasteiger charge is 2.23. The summed E-state index contributed by atoms with van der Waals surface area (Å²) >= 11 is 4.80. The van der Waals surface area contributed by atoms with Gasteiger partial charge in [-0.3, -0.25) is 9.69 Å². The molecule has 0 aliphatic rings. The molecule has 3 aromatic rings. The van der Waals surface area contributed by atoms with Crippen LogP contribution in [0.4, 0.5) is 5.13 Å². The minimum absolute atomic E-state index is 0.142. The summed E-state index contributed by atoms with van der Waals surface area (Å²) in [7, 11) is -3.31. The van der Waals surface area contributed by atoms with E-state index < -0.39 is 9.84 Å². The highest BCUT2D eigenvalue weighted by molar-refractivity contribution is 9.10. The van der Waals surface area contributed by atoms with Gasteiger partial charge in [-0.15, -0.1) is 0 Å². The third kappa shape index (κ3) is 5.08. The molecule has 0 radical (unpaired) electrons. The molecule has 0 atom stereocenters. The number of halogens is 1. The number of thiazole rings is 1. The summed E-state index contributed by atoms with van der Waals surface area (Å²) < 4.78 is 25.3. The molecule has 0 unspecified atom stereocenters. The fourth-order valence-corrected chi connectivity index (χ4v) is 5.29. The monoisotopic (exact) mass is 509 g/mol. The zero-order valence-electron chi connectivity index (χ0n) is 17.1. The normalized spacial score (nSPS) is 11.9. The molecule has 0 bridgehead atoms. The first-order valence-corrected chi connectivity index (χ1v) is 13.1. The minimum atomic E-state index is -3.31. The van der Waals surface area contributed by atoms with Crippen LogP contribution < -0.4 is 4.90 Å².